The van der Waals surface area contributed by atoms with Crippen LogP contribution >= 0.6 is 31.9 Å². The van der Waals surface area contributed by atoms with Gasteiger partial charge in [0.25, 0.3) is 0 Å². The average molecular weight is 408 g/mol. The molecule has 2 aromatic rings. The van der Waals surface area contributed by atoms with Gasteiger partial charge in [0, 0.05) is 34.4 Å². The summed E-state index contributed by atoms with van der Waals surface area (Å²) in [5.74, 6) is 0. The molecule has 0 aliphatic carbocycles. The lowest BCUT2D eigenvalue weighted by Gasteiger charge is -2.09. The zero-order valence-corrected chi connectivity index (χ0v) is 13.9. The molecule has 0 fully saturated rings. The van der Waals surface area contributed by atoms with Gasteiger partial charge in [-0.25, -0.2) is 13.1 Å². The van der Waals surface area contributed by atoms with Crippen LogP contribution in [0.15, 0.2) is 56.6 Å². The van der Waals surface area contributed by atoms with Gasteiger partial charge in [0.05, 0.1) is 4.90 Å². The van der Waals surface area contributed by atoms with E-state index in [-0.39, 0.29) is 4.90 Å². The zero-order valence-electron chi connectivity index (χ0n) is 9.88. The summed E-state index contributed by atoms with van der Waals surface area (Å²) in [6, 6.07) is 8.86. The van der Waals surface area contributed by atoms with Crippen molar-refractivity contribution in [2.75, 3.05) is 6.54 Å². The number of aromatic nitrogens is 1. The predicted octanol–water partition coefficient (Wildman–Crippen LogP) is 2.99. The molecule has 1 heterocycles. The second kappa shape index (κ2) is 6.21. The maximum Gasteiger partial charge on any atom is 0.241 e. The fourth-order valence-electron chi connectivity index (χ4n) is 1.59. The number of sulfonamides is 1. The van der Waals surface area contributed by atoms with Crippen molar-refractivity contribution in [1.29, 1.82) is 0 Å². The highest BCUT2D eigenvalue weighted by atomic mass is 79.9. The lowest BCUT2D eigenvalue weighted by Crippen LogP contribution is -2.27. The zero-order chi connectivity index (χ0) is 13.9. The number of nitrogens with zero attached hydrogens (tertiary/aromatic N) is 1. The molecule has 2 rings (SSSR count). The number of hydrogen-bond acceptors (Lipinski definition) is 2. The first-order valence-electron chi connectivity index (χ1n) is 5.54. The molecule has 0 unspecified atom stereocenters. The van der Waals surface area contributed by atoms with Crippen molar-refractivity contribution in [3.63, 3.8) is 0 Å². The predicted molar refractivity (Wildman–Crippen MR) is 81.5 cm³/mol. The van der Waals surface area contributed by atoms with Gasteiger partial charge in [0.1, 0.15) is 0 Å². The first kappa shape index (κ1) is 14.8. The molecule has 0 radical (unpaired) electrons. The van der Waals surface area contributed by atoms with Gasteiger partial charge in [-0.3, -0.25) is 0 Å². The van der Waals surface area contributed by atoms with Crippen LogP contribution in [0, 0.1) is 0 Å². The Labute approximate surface area is 129 Å². The number of nitrogens with one attached hydrogen (secondary N) is 1. The van der Waals surface area contributed by atoms with Crippen LogP contribution in [0.25, 0.3) is 0 Å². The van der Waals surface area contributed by atoms with Gasteiger partial charge in [-0.2, -0.15) is 0 Å². The van der Waals surface area contributed by atoms with E-state index < -0.39 is 10.0 Å². The highest BCUT2D eigenvalue weighted by Crippen LogP contribution is 2.25. The summed E-state index contributed by atoms with van der Waals surface area (Å²) < 4.78 is 30.1. The molecular weight excluding hydrogens is 396 g/mol. The molecule has 0 bridgehead atoms. The van der Waals surface area contributed by atoms with Gasteiger partial charge in [-0.05, 0) is 46.3 Å². The van der Waals surface area contributed by atoms with Gasteiger partial charge < -0.3 is 4.57 Å². The summed E-state index contributed by atoms with van der Waals surface area (Å²) >= 11 is 6.52. The molecule has 0 amide bonds. The second-order valence-electron chi connectivity index (χ2n) is 3.89. The van der Waals surface area contributed by atoms with Crippen molar-refractivity contribution in [2.24, 2.45) is 0 Å². The topological polar surface area (TPSA) is 51.1 Å². The SMILES string of the molecule is O=S(=O)(NCCn1cccc1)c1cc(Br)ccc1Br. The Morgan fingerprint density at radius 1 is 1.16 bits per heavy atom. The molecule has 0 aliphatic heterocycles. The molecule has 102 valence electrons. The van der Waals surface area contributed by atoms with E-state index in [2.05, 4.69) is 36.6 Å². The summed E-state index contributed by atoms with van der Waals surface area (Å²) in [6.45, 7) is 0.938. The molecule has 7 heteroatoms. The van der Waals surface area contributed by atoms with E-state index in [1.807, 2.05) is 29.1 Å². The Morgan fingerprint density at radius 3 is 2.53 bits per heavy atom. The normalized spacial score (nSPS) is 11.7. The largest absolute Gasteiger partial charge is 0.353 e. The molecule has 4 nitrogen and oxygen atoms in total. The Hall–Kier alpha value is -0.630. The maximum absolute atomic E-state index is 12.2. The summed E-state index contributed by atoms with van der Waals surface area (Å²) in [5, 5.41) is 0. The van der Waals surface area contributed by atoms with Crippen LogP contribution in [0.5, 0.6) is 0 Å². The van der Waals surface area contributed by atoms with Crippen molar-refractivity contribution in [2.45, 2.75) is 11.4 Å². The number of hydrogen-bond donors (Lipinski definition) is 1. The summed E-state index contributed by atoms with van der Waals surface area (Å²) in [5.41, 5.74) is 0. The molecule has 0 spiro atoms. The standard InChI is InChI=1S/C12H12Br2N2O2S/c13-10-3-4-11(14)12(9-10)19(17,18)15-5-8-16-6-1-2-7-16/h1-4,6-7,9,15H,5,8H2. The minimum atomic E-state index is -3.51. The van der Waals surface area contributed by atoms with Gasteiger partial charge in [-0.15, -0.1) is 0 Å². The maximum atomic E-state index is 12.2. The van der Waals surface area contributed by atoms with Crippen molar-refractivity contribution in [1.82, 2.24) is 9.29 Å². The van der Waals surface area contributed by atoms with E-state index in [1.54, 1.807) is 18.2 Å². The molecule has 0 aliphatic rings. The summed E-state index contributed by atoms with van der Waals surface area (Å²) in [6.07, 6.45) is 3.78. The second-order valence-corrected chi connectivity index (χ2v) is 7.40. The third-order valence-electron chi connectivity index (χ3n) is 2.51. The van der Waals surface area contributed by atoms with Crippen LogP contribution in [0.2, 0.25) is 0 Å². The smallest absolute Gasteiger partial charge is 0.241 e. The van der Waals surface area contributed by atoms with Gasteiger partial charge in [-0.1, -0.05) is 15.9 Å². The molecule has 1 N–H and O–H groups in total. The highest BCUT2D eigenvalue weighted by molar-refractivity contribution is 9.11. The molecule has 0 saturated heterocycles. The van der Waals surface area contributed by atoms with Crippen molar-refractivity contribution in [3.05, 3.63) is 51.7 Å². The van der Waals surface area contributed by atoms with Crippen LogP contribution in [-0.2, 0) is 16.6 Å². The van der Waals surface area contributed by atoms with E-state index in [0.29, 0.717) is 17.6 Å². The minimum Gasteiger partial charge on any atom is -0.353 e. The first-order valence-corrected chi connectivity index (χ1v) is 8.61. The monoisotopic (exact) mass is 406 g/mol. The third kappa shape index (κ3) is 3.92. The number of benzene rings is 1. The summed E-state index contributed by atoms with van der Waals surface area (Å²) in [7, 11) is -3.51. The Kier molecular flexibility index (Phi) is 4.83. The van der Waals surface area contributed by atoms with Crippen molar-refractivity contribution in [3.8, 4) is 0 Å². The Bertz CT molecular complexity index is 654. The lowest BCUT2D eigenvalue weighted by atomic mass is 10.4. The molecule has 1 aromatic carbocycles. The lowest BCUT2D eigenvalue weighted by molar-refractivity contribution is 0.572. The average Bonchev–Trinajstić information content (AvgIpc) is 2.85. The van der Waals surface area contributed by atoms with Gasteiger partial charge in [0.15, 0.2) is 0 Å². The Morgan fingerprint density at radius 2 is 1.84 bits per heavy atom. The molecule has 1 aromatic heterocycles. The van der Waals surface area contributed by atoms with Crippen LogP contribution < -0.4 is 4.72 Å². The fraction of sp³-hybridized carbons (Fsp3) is 0.167. The van der Waals surface area contributed by atoms with Crippen LogP contribution in [0.1, 0.15) is 0 Å². The number of halogens is 2. The quantitative estimate of drug-likeness (QED) is 0.828. The van der Waals surface area contributed by atoms with E-state index in [0.717, 1.165) is 4.47 Å². The minimum absolute atomic E-state index is 0.231. The fourth-order valence-corrected chi connectivity index (χ4v) is 4.11. The van der Waals surface area contributed by atoms with Crippen LogP contribution in [0.4, 0.5) is 0 Å². The Balaban J connectivity index is 2.07. The van der Waals surface area contributed by atoms with E-state index in [4.69, 9.17) is 0 Å². The third-order valence-corrected chi connectivity index (χ3v) is 5.46. The van der Waals surface area contributed by atoms with E-state index in [9.17, 15) is 8.42 Å². The summed E-state index contributed by atoms with van der Waals surface area (Å²) in [4.78, 5) is 0.231. The highest BCUT2D eigenvalue weighted by Gasteiger charge is 2.17. The number of rotatable bonds is 5. The molecule has 19 heavy (non-hydrogen) atoms. The van der Waals surface area contributed by atoms with Crippen LogP contribution in [0.3, 0.4) is 0 Å². The van der Waals surface area contributed by atoms with Crippen LogP contribution in [-0.4, -0.2) is 19.5 Å². The molecular formula is C12H12Br2N2O2S. The molecule has 0 atom stereocenters. The first-order chi connectivity index (χ1) is 8.99. The van der Waals surface area contributed by atoms with Gasteiger partial charge >= 0.3 is 0 Å². The van der Waals surface area contributed by atoms with Crippen molar-refractivity contribution < 1.29 is 8.42 Å². The van der Waals surface area contributed by atoms with E-state index in [1.165, 1.54) is 0 Å². The van der Waals surface area contributed by atoms with Gasteiger partial charge in [0.2, 0.25) is 10.0 Å². The van der Waals surface area contributed by atoms with Crippen molar-refractivity contribution >= 4 is 41.9 Å². The van der Waals surface area contributed by atoms with E-state index >= 15 is 0 Å². The molecule has 0 saturated carbocycles.